The Morgan fingerprint density at radius 1 is 1.53 bits per heavy atom. The Kier molecular flexibility index (Phi) is 6.60. The third kappa shape index (κ3) is 6.01. The molecule has 5 nitrogen and oxygen atoms in total. The lowest BCUT2D eigenvalue weighted by atomic mass is 10.3. The largest absolute Gasteiger partial charge is 0.383 e. The number of nitrogens with one attached hydrogen (secondary N) is 2. The number of rotatable bonds is 8. The third-order valence-corrected chi connectivity index (χ3v) is 2.25. The molecular weight excluding hydrogens is 242 g/mol. The van der Waals surface area contributed by atoms with Crippen LogP contribution < -0.4 is 10.6 Å². The summed E-state index contributed by atoms with van der Waals surface area (Å²) in [7, 11) is 0. The highest BCUT2D eigenvalue weighted by molar-refractivity contribution is 5.93. The summed E-state index contributed by atoms with van der Waals surface area (Å²) in [5, 5.41) is 5.90. The van der Waals surface area contributed by atoms with Crippen LogP contribution in [0.3, 0.4) is 0 Å². The molecule has 1 heterocycles. The van der Waals surface area contributed by atoms with Gasteiger partial charge in [-0.25, -0.2) is 0 Å². The number of carbonyl (C=O) groups excluding carboxylic acids is 1. The highest BCUT2D eigenvalue weighted by Crippen LogP contribution is 2.07. The molecule has 0 radical (unpaired) electrons. The number of nitrogens with zero attached hydrogens (tertiary/aromatic N) is 1. The zero-order valence-corrected chi connectivity index (χ0v) is 11.5. The van der Waals surface area contributed by atoms with Gasteiger partial charge in [-0.05, 0) is 26.0 Å². The van der Waals surface area contributed by atoms with E-state index < -0.39 is 0 Å². The van der Waals surface area contributed by atoms with E-state index in [0.29, 0.717) is 32.0 Å². The van der Waals surface area contributed by atoms with Crippen LogP contribution in [0.2, 0.25) is 0 Å². The van der Waals surface area contributed by atoms with Crippen molar-refractivity contribution in [2.45, 2.75) is 13.8 Å². The highest BCUT2D eigenvalue weighted by Gasteiger charge is 2.05. The van der Waals surface area contributed by atoms with Crippen LogP contribution in [0.5, 0.6) is 0 Å². The molecule has 1 aromatic rings. The minimum atomic E-state index is -0.162. The number of amides is 1. The smallest absolute Gasteiger partial charge is 0.269 e. The lowest BCUT2D eigenvalue weighted by molar-refractivity contribution is 0.0951. The average Bonchev–Trinajstić information content (AvgIpc) is 2.38. The van der Waals surface area contributed by atoms with E-state index in [4.69, 9.17) is 4.74 Å². The number of ether oxygens (including phenoxy) is 1. The summed E-state index contributed by atoms with van der Waals surface area (Å²) in [6, 6.07) is 3.55. The molecule has 0 saturated heterocycles. The predicted octanol–water partition coefficient (Wildman–Crippen LogP) is 1.84. The van der Waals surface area contributed by atoms with E-state index >= 15 is 0 Å². The SMILES string of the molecule is C=C(C)COCCNc1ccnc(C(=O)NCC)c1. The maximum Gasteiger partial charge on any atom is 0.269 e. The molecule has 1 aromatic heterocycles. The second kappa shape index (κ2) is 8.26. The number of pyridine rings is 1. The molecule has 0 fully saturated rings. The van der Waals surface area contributed by atoms with Crippen molar-refractivity contribution in [2.75, 3.05) is 31.6 Å². The number of carbonyl (C=O) groups is 1. The van der Waals surface area contributed by atoms with Gasteiger partial charge in [0.15, 0.2) is 0 Å². The van der Waals surface area contributed by atoms with Gasteiger partial charge < -0.3 is 15.4 Å². The number of anilines is 1. The topological polar surface area (TPSA) is 63.2 Å². The lowest BCUT2D eigenvalue weighted by Crippen LogP contribution is -2.23. The first-order valence-corrected chi connectivity index (χ1v) is 6.33. The molecule has 0 unspecified atom stereocenters. The lowest BCUT2D eigenvalue weighted by Gasteiger charge is -2.08. The Balaban J connectivity index is 2.40. The van der Waals surface area contributed by atoms with Crippen molar-refractivity contribution < 1.29 is 9.53 Å². The Labute approximate surface area is 114 Å². The maximum atomic E-state index is 11.6. The summed E-state index contributed by atoms with van der Waals surface area (Å²) in [6.45, 7) is 9.98. The zero-order valence-electron chi connectivity index (χ0n) is 11.5. The molecule has 0 bridgehead atoms. The first-order valence-electron chi connectivity index (χ1n) is 6.33. The standard InChI is InChI=1S/C14H21N3O2/c1-4-15-14(18)13-9-12(5-6-17-13)16-7-8-19-10-11(2)3/h5-6,9H,2,4,7-8,10H2,1,3H3,(H,15,18)(H,16,17). The van der Waals surface area contributed by atoms with Crippen LogP contribution in [0, 0.1) is 0 Å². The Hall–Kier alpha value is -1.88. The summed E-state index contributed by atoms with van der Waals surface area (Å²) >= 11 is 0. The van der Waals surface area contributed by atoms with Gasteiger partial charge in [0, 0.05) is 25.0 Å². The predicted molar refractivity (Wildman–Crippen MR) is 76.4 cm³/mol. The zero-order chi connectivity index (χ0) is 14.1. The van der Waals surface area contributed by atoms with Crippen molar-refractivity contribution in [1.82, 2.24) is 10.3 Å². The summed E-state index contributed by atoms with van der Waals surface area (Å²) in [6.07, 6.45) is 1.61. The normalized spacial score (nSPS) is 10.0. The van der Waals surface area contributed by atoms with E-state index in [9.17, 15) is 4.79 Å². The number of hydrogen-bond acceptors (Lipinski definition) is 4. The summed E-state index contributed by atoms with van der Waals surface area (Å²) in [4.78, 5) is 15.6. The molecule has 0 saturated carbocycles. The molecule has 1 rings (SSSR count). The fraction of sp³-hybridized carbons (Fsp3) is 0.429. The molecule has 0 aliphatic heterocycles. The van der Waals surface area contributed by atoms with Crippen molar-refractivity contribution in [3.63, 3.8) is 0 Å². The van der Waals surface area contributed by atoms with E-state index in [-0.39, 0.29) is 5.91 Å². The van der Waals surface area contributed by atoms with Crippen molar-refractivity contribution >= 4 is 11.6 Å². The van der Waals surface area contributed by atoms with E-state index in [1.165, 1.54) is 0 Å². The van der Waals surface area contributed by atoms with Crippen LogP contribution in [0.25, 0.3) is 0 Å². The first-order chi connectivity index (χ1) is 9.13. The van der Waals surface area contributed by atoms with Crippen molar-refractivity contribution in [2.24, 2.45) is 0 Å². The Morgan fingerprint density at radius 2 is 2.32 bits per heavy atom. The van der Waals surface area contributed by atoms with E-state index in [0.717, 1.165) is 11.3 Å². The summed E-state index contributed by atoms with van der Waals surface area (Å²) in [5.74, 6) is -0.162. The van der Waals surface area contributed by atoms with Crippen LogP contribution in [-0.2, 0) is 4.74 Å². The van der Waals surface area contributed by atoms with Gasteiger partial charge in [-0.1, -0.05) is 12.2 Å². The summed E-state index contributed by atoms with van der Waals surface area (Å²) in [5.41, 5.74) is 2.27. The quantitative estimate of drug-likeness (QED) is 0.555. The maximum absolute atomic E-state index is 11.6. The molecule has 1 amide bonds. The molecule has 5 heteroatoms. The van der Waals surface area contributed by atoms with E-state index in [1.54, 1.807) is 12.3 Å². The van der Waals surface area contributed by atoms with Gasteiger partial charge >= 0.3 is 0 Å². The molecule has 0 atom stereocenters. The van der Waals surface area contributed by atoms with Crippen molar-refractivity contribution in [3.05, 3.63) is 36.2 Å². The minimum Gasteiger partial charge on any atom is -0.383 e. The monoisotopic (exact) mass is 263 g/mol. The van der Waals surface area contributed by atoms with Gasteiger partial charge in [0.05, 0.1) is 13.2 Å². The fourth-order valence-corrected chi connectivity index (χ4v) is 1.43. The van der Waals surface area contributed by atoms with E-state index in [2.05, 4.69) is 22.2 Å². The van der Waals surface area contributed by atoms with Gasteiger partial charge in [0.25, 0.3) is 5.91 Å². The van der Waals surface area contributed by atoms with Crippen LogP contribution in [0.15, 0.2) is 30.5 Å². The van der Waals surface area contributed by atoms with Gasteiger partial charge in [-0.2, -0.15) is 0 Å². The molecule has 0 aliphatic carbocycles. The van der Waals surface area contributed by atoms with Gasteiger partial charge in [-0.15, -0.1) is 0 Å². The molecular formula is C14H21N3O2. The van der Waals surface area contributed by atoms with Gasteiger partial charge in [0.2, 0.25) is 0 Å². The molecule has 104 valence electrons. The van der Waals surface area contributed by atoms with E-state index in [1.807, 2.05) is 19.9 Å². The molecule has 2 N–H and O–H groups in total. The second-order valence-corrected chi connectivity index (χ2v) is 4.23. The van der Waals surface area contributed by atoms with Crippen molar-refractivity contribution in [1.29, 1.82) is 0 Å². The van der Waals surface area contributed by atoms with Crippen LogP contribution in [0.4, 0.5) is 5.69 Å². The van der Waals surface area contributed by atoms with Crippen molar-refractivity contribution in [3.8, 4) is 0 Å². The molecule has 0 spiro atoms. The number of hydrogen-bond donors (Lipinski definition) is 2. The molecule has 19 heavy (non-hydrogen) atoms. The Morgan fingerprint density at radius 3 is 3.00 bits per heavy atom. The summed E-state index contributed by atoms with van der Waals surface area (Å²) < 4.78 is 5.38. The highest BCUT2D eigenvalue weighted by atomic mass is 16.5. The Bertz CT molecular complexity index is 432. The van der Waals surface area contributed by atoms with Crippen LogP contribution in [0.1, 0.15) is 24.3 Å². The minimum absolute atomic E-state index is 0.162. The second-order valence-electron chi connectivity index (χ2n) is 4.23. The first kappa shape index (κ1) is 15.2. The molecule has 0 aromatic carbocycles. The number of aromatic nitrogens is 1. The fourth-order valence-electron chi connectivity index (χ4n) is 1.43. The third-order valence-electron chi connectivity index (χ3n) is 2.25. The van der Waals surface area contributed by atoms with Gasteiger partial charge in [-0.3, -0.25) is 9.78 Å². The van der Waals surface area contributed by atoms with Crippen LogP contribution >= 0.6 is 0 Å². The molecule has 0 aliphatic rings. The van der Waals surface area contributed by atoms with Crippen LogP contribution in [-0.4, -0.2) is 37.2 Å². The average molecular weight is 263 g/mol. The van der Waals surface area contributed by atoms with Gasteiger partial charge in [0.1, 0.15) is 5.69 Å².